The maximum absolute atomic E-state index is 11.8. The van der Waals surface area contributed by atoms with Crippen molar-refractivity contribution in [3.8, 4) is 0 Å². The normalized spacial score (nSPS) is 11.5. The largest absolute Gasteiger partial charge is 0.480 e. The number of nitrogens with zero attached hydrogens (tertiary/aromatic N) is 1. The van der Waals surface area contributed by atoms with Gasteiger partial charge in [-0.2, -0.15) is 0 Å². The number of hydrogen-bond donors (Lipinski definition) is 3. The highest BCUT2D eigenvalue weighted by Crippen LogP contribution is 2.22. The number of benzene rings is 1. The van der Waals surface area contributed by atoms with Crippen LogP contribution in [-0.2, 0) is 9.59 Å². The van der Waals surface area contributed by atoms with Gasteiger partial charge in [0.05, 0.1) is 11.5 Å². The van der Waals surface area contributed by atoms with E-state index in [2.05, 4.69) is 10.6 Å². The van der Waals surface area contributed by atoms with E-state index in [0.29, 0.717) is 12.8 Å². The smallest absolute Gasteiger partial charge is 0.326 e. The van der Waals surface area contributed by atoms with Crippen LogP contribution < -0.4 is 10.6 Å². The lowest BCUT2D eigenvalue weighted by Crippen LogP contribution is -2.43. The Morgan fingerprint density at radius 2 is 2.05 bits per heavy atom. The molecule has 0 radical (unpaired) electrons. The first kappa shape index (κ1) is 17.4. The molecule has 0 bridgehead atoms. The van der Waals surface area contributed by atoms with Crippen LogP contribution in [0.4, 0.5) is 11.4 Å². The summed E-state index contributed by atoms with van der Waals surface area (Å²) >= 11 is 0. The van der Waals surface area contributed by atoms with E-state index in [9.17, 15) is 19.7 Å². The maximum Gasteiger partial charge on any atom is 0.326 e. The second kappa shape index (κ2) is 8.60. The van der Waals surface area contributed by atoms with Crippen LogP contribution in [0, 0.1) is 10.1 Å². The predicted octanol–water partition coefficient (Wildman–Crippen LogP) is 1.77. The van der Waals surface area contributed by atoms with Gasteiger partial charge >= 0.3 is 5.97 Å². The second-order valence-electron chi connectivity index (χ2n) is 4.73. The fourth-order valence-electron chi connectivity index (χ4n) is 1.87. The molecule has 0 fully saturated rings. The molecule has 0 saturated heterocycles. The van der Waals surface area contributed by atoms with Crippen LogP contribution in [0.25, 0.3) is 0 Å². The van der Waals surface area contributed by atoms with Crippen molar-refractivity contribution in [2.45, 2.75) is 32.2 Å². The number of unbranched alkanes of at least 4 members (excludes halogenated alkanes) is 1. The highest BCUT2D eigenvalue weighted by atomic mass is 16.6. The molecule has 8 heteroatoms. The molecule has 120 valence electrons. The van der Waals surface area contributed by atoms with Crippen molar-refractivity contribution in [1.82, 2.24) is 5.32 Å². The summed E-state index contributed by atoms with van der Waals surface area (Å²) in [5.74, 6) is -1.62. The highest BCUT2D eigenvalue weighted by molar-refractivity contribution is 5.86. The van der Waals surface area contributed by atoms with Crippen molar-refractivity contribution in [3.63, 3.8) is 0 Å². The monoisotopic (exact) mass is 309 g/mol. The standard InChI is InChI=1S/C14H19N3O5/c1-2-3-6-11(14(19)20)16-13(18)9-15-10-7-4-5-8-12(10)17(21)22/h4-5,7-8,11,15H,2-3,6,9H2,1H3,(H,16,18)(H,19,20)/t11-/m0/s1. The molecule has 1 aromatic carbocycles. The molecular formula is C14H19N3O5. The molecule has 8 nitrogen and oxygen atoms in total. The van der Waals surface area contributed by atoms with Gasteiger partial charge in [-0.3, -0.25) is 14.9 Å². The molecule has 0 unspecified atom stereocenters. The summed E-state index contributed by atoms with van der Waals surface area (Å²) in [4.78, 5) is 33.1. The van der Waals surface area contributed by atoms with Crippen molar-refractivity contribution in [2.24, 2.45) is 0 Å². The number of nitrogens with one attached hydrogen (secondary N) is 2. The number of carboxylic acid groups (broad SMARTS) is 1. The Labute approximate surface area is 127 Å². The van der Waals surface area contributed by atoms with Crippen molar-refractivity contribution in [1.29, 1.82) is 0 Å². The number of carbonyl (C=O) groups excluding carboxylic acids is 1. The minimum atomic E-state index is -1.09. The number of carboxylic acids is 1. The Hall–Kier alpha value is -2.64. The van der Waals surface area contributed by atoms with Gasteiger partial charge < -0.3 is 15.7 Å². The average Bonchev–Trinajstić information content (AvgIpc) is 2.49. The molecule has 0 aromatic heterocycles. The molecule has 0 aliphatic rings. The molecule has 1 atom stereocenters. The van der Waals surface area contributed by atoms with E-state index in [0.717, 1.165) is 6.42 Å². The van der Waals surface area contributed by atoms with Crippen molar-refractivity contribution in [3.05, 3.63) is 34.4 Å². The van der Waals surface area contributed by atoms with Crippen LogP contribution in [0.2, 0.25) is 0 Å². The van der Waals surface area contributed by atoms with Gasteiger partial charge in [0.15, 0.2) is 0 Å². The molecule has 0 aliphatic heterocycles. The first-order valence-electron chi connectivity index (χ1n) is 6.95. The van der Waals surface area contributed by atoms with E-state index in [1.807, 2.05) is 6.92 Å². The molecule has 0 spiro atoms. The first-order chi connectivity index (χ1) is 10.5. The third kappa shape index (κ3) is 5.39. The fourth-order valence-corrected chi connectivity index (χ4v) is 1.87. The third-order valence-corrected chi connectivity index (χ3v) is 3.02. The maximum atomic E-state index is 11.8. The number of aliphatic carboxylic acids is 1. The molecule has 1 amide bonds. The summed E-state index contributed by atoms with van der Waals surface area (Å²) in [6.07, 6.45) is 1.87. The summed E-state index contributed by atoms with van der Waals surface area (Å²) in [7, 11) is 0. The lowest BCUT2D eigenvalue weighted by molar-refractivity contribution is -0.383. The minimum absolute atomic E-state index is 0.143. The molecule has 0 heterocycles. The predicted molar refractivity (Wildman–Crippen MR) is 80.7 cm³/mol. The molecule has 0 aliphatic carbocycles. The molecule has 1 aromatic rings. The number of amides is 1. The Balaban J connectivity index is 2.59. The Kier molecular flexibility index (Phi) is 6.81. The molecule has 22 heavy (non-hydrogen) atoms. The number of nitro benzene ring substituents is 1. The number of para-hydroxylation sites is 2. The highest BCUT2D eigenvalue weighted by Gasteiger charge is 2.19. The zero-order chi connectivity index (χ0) is 16.5. The van der Waals surface area contributed by atoms with E-state index in [-0.39, 0.29) is 17.9 Å². The third-order valence-electron chi connectivity index (χ3n) is 3.02. The number of nitro groups is 1. The topological polar surface area (TPSA) is 122 Å². The quantitative estimate of drug-likeness (QED) is 0.472. The zero-order valence-electron chi connectivity index (χ0n) is 12.2. The second-order valence-corrected chi connectivity index (χ2v) is 4.73. The number of hydrogen-bond acceptors (Lipinski definition) is 5. The van der Waals surface area contributed by atoms with Gasteiger partial charge in [-0.15, -0.1) is 0 Å². The van der Waals surface area contributed by atoms with Gasteiger partial charge in [0.2, 0.25) is 5.91 Å². The first-order valence-corrected chi connectivity index (χ1v) is 6.95. The van der Waals surface area contributed by atoms with E-state index in [1.54, 1.807) is 6.07 Å². The fraction of sp³-hybridized carbons (Fsp3) is 0.429. The van der Waals surface area contributed by atoms with Gasteiger partial charge in [0, 0.05) is 6.07 Å². The molecule has 1 rings (SSSR count). The lowest BCUT2D eigenvalue weighted by atomic mass is 10.1. The van der Waals surface area contributed by atoms with Crippen LogP contribution >= 0.6 is 0 Å². The number of carbonyl (C=O) groups is 2. The SMILES string of the molecule is CCCC[C@H](NC(=O)CNc1ccccc1[N+](=O)[O-])C(=O)O. The van der Waals surface area contributed by atoms with Crippen molar-refractivity contribution >= 4 is 23.3 Å². The van der Waals surface area contributed by atoms with Crippen LogP contribution in [0.5, 0.6) is 0 Å². The van der Waals surface area contributed by atoms with Crippen LogP contribution in [-0.4, -0.2) is 34.5 Å². The summed E-state index contributed by atoms with van der Waals surface area (Å²) in [5, 5.41) is 24.9. The van der Waals surface area contributed by atoms with Crippen molar-refractivity contribution < 1.29 is 19.6 Å². The Morgan fingerprint density at radius 1 is 1.36 bits per heavy atom. The van der Waals surface area contributed by atoms with Crippen LogP contribution in [0.1, 0.15) is 26.2 Å². The Morgan fingerprint density at radius 3 is 2.64 bits per heavy atom. The van der Waals surface area contributed by atoms with E-state index < -0.39 is 22.8 Å². The summed E-state index contributed by atoms with van der Waals surface area (Å²) in [6.45, 7) is 1.69. The Bertz CT molecular complexity index is 547. The van der Waals surface area contributed by atoms with Gasteiger partial charge in [0.1, 0.15) is 11.7 Å². The molecule has 0 saturated carbocycles. The van der Waals surface area contributed by atoms with E-state index in [1.165, 1.54) is 18.2 Å². The molecule has 3 N–H and O–H groups in total. The van der Waals surface area contributed by atoms with Gasteiger partial charge in [-0.1, -0.05) is 31.9 Å². The van der Waals surface area contributed by atoms with E-state index >= 15 is 0 Å². The summed E-state index contributed by atoms with van der Waals surface area (Å²) in [5.41, 5.74) is 0.0687. The lowest BCUT2D eigenvalue weighted by Gasteiger charge is -2.14. The van der Waals surface area contributed by atoms with Gasteiger partial charge in [-0.25, -0.2) is 4.79 Å². The summed E-state index contributed by atoms with van der Waals surface area (Å²) < 4.78 is 0. The number of anilines is 1. The van der Waals surface area contributed by atoms with Gasteiger partial charge in [0.25, 0.3) is 5.69 Å². The minimum Gasteiger partial charge on any atom is -0.480 e. The average molecular weight is 309 g/mol. The van der Waals surface area contributed by atoms with Crippen LogP contribution in [0.15, 0.2) is 24.3 Å². The van der Waals surface area contributed by atoms with E-state index in [4.69, 9.17) is 5.11 Å². The summed E-state index contributed by atoms with van der Waals surface area (Å²) in [6, 6.07) is 4.99. The zero-order valence-corrected chi connectivity index (χ0v) is 12.2. The van der Waals surface area contributed by atoms with Crippen molar-refractivity contribution in [2.75, 3.05) is 11.9 Å². The van der Waals surface area contributed by atoms with Crippen LogP contribution in [0.3, 0.4) is 0 Å². The number of rotatable bonds is 9. The molecular weight excluding hydrogens is 290 g/mol. The van der Waals surface area contributed by atoms with Gasteiger partial charge in [-0.05, 0) is 12.5 Å².